The lowest BCUT2D eigenvalue weighted by Crippen LogP contribution is -2.22. The summed E-state index contributed by atoms with van der Waals surface area (Å²) in [6.07, 6.45) is 1.42. The van der Waals surface area contributed by atoms with Crippen LogP contribution in [0.3, 0.4) is 0 Å². The molecule has 0 aliphatic carbocycles. The van der Waals surface area contributed by atoms with Gasteiger partial charge in [0.05, 0.1) is 6.20 Å². The highest BCUT2D eigenvalue weighted by molar-refractivity contribution is 6.17. The molecule has 0 saturated heterocycles. The standard InChI is InChI=1S/C13H13ClN2O2/c1-9-12(8-16-18-9)13(17)15-7-11-4-2-10(6-14)3-5-11/h2-5,8H,6-7H2,1H3,(H,15,17). The summed E-state index contributed by atoms with van der Waals surface area (Å²) in [4.78, 5) is 11.8. The maximum absolute atomic E-state index is 11.8. The van der Waals surface area contributed by atoms with Crippen LogP contribution in [-0.4, -0.2) is 11.1 Å². The molecule has 0 spiro atoms. The molecule has 0 saturated carbocycles. The number of aryl methyl sites for hydroxylation is 1. The normalized spacial score (nSPS) is 10.3. The average Bonchev–Trinajstić information content (AvgIpc) is 2.83. The molecule has 1 aromatic heterocycles. The van der Waals surface area contributed by atoms with Crippen molar-refractivity contribution in [2.24, 2.45) is 0 Å². The van der Waals surface area contributed by atoms with Crippen LogP contribution in [0.5, 0.6) is 0 Å². The van der Waals surface area contributed by atoms with Gasteiger partial charge in [-0.1, -0.05) is 29.4 Å². The van der Waals surface area contributed by atoms with Crippen LogP contribution in [0, 0.1) is 6.92 Å². The van der Waals surface area contributed by atoms with Crippen molar-refractivity contribution in [2.45, 2.75) is 19.3 Å². The maximum Gasteiger partial charge on any atom is 0.256 e. The number of halogens is 1. The third-order valence-corrected chi connectivity index (χ3v) is 2.93. The second-order valence-corrected chi connectivity index (χ2v) is 4.20. The summed E-state index contributed by atoms with van der Waals surface area (Å²) in [7, 11) is 0. The van der Waals surface area contributed by atoms with Gasteiger partial charge in [-0.15, -0.1) is 11.6 Å². The fourth-order valence-corrected chi connectivity index (χ4v) is 1.72. The van der Waals surface area contributed by atoms with E-state index in [9.17, 15) is 4.79 Å². The molecule has 0 bridgehead atoms. The topological polar surface area (TPSA) is 55.1 Å². The summed E-state index contributed by atoms with van der Waals surface area (Å²) in [6.45, 7) is 2.17. The molecule has 1 aromatic carbocycles. The zero-order valence-corrected chi connectivity index (χ0v) is 10.7. The van der Waals surface area contributed by atoms with Crippen LogP contribution in [0.1, 0.15) is 27.2 Å². The molecule has 0 aliphatic heterocycles. The highest BCUT2D eigenvalue weighted by Crippen LogP contribution is 2.08. The molecule has 94 valence electrons. The van der Waals surface area contributed by atoms with Gasteiger partial charge in [-0.05, 0) is 18.1 Å². The van der Waals surface area contributed by atoms with Crippen LogP contribution in [-0.2, 0) is 12.4 Å². The van der Waals surface area contributed by atoms with Gasteiger partial charge in [0.15, 0.2) is 0 Å². The summed E-state index contributed by atoms with van der Waals surface area (Å²) in [5.41, 5.74) is 2.54. The fraction of sp³-hybridized carbons (Fsp3) is 0.231. The van der Waals surface area contributed by atoms with E-state index in [1.54, 1.807) is 6.92 Å². The molecule has 0 aliphatic rings. The number of aromatic nitrogens is 1. The van der Waals surface area contributed by atoms with Crippen LogP contribution >= 0.6 is 11.6 Å². The first-order chi connectivity index (χ1) is 8.70. The number of nitrogens with zero attached hydrogens (tertiary/aromatic N) is 1. The summed E-state index contributed by atoms with van der Waals surface area (Å²) in [6, 6.07) is 7.77. The maximum atomic E-state index is 11.8. The molecule has 0 atom stereocenters. The Labute approximate surface area is 110 Å². The summed E-state index contributed by atoms with van der Waals surface area (Å²) in [5.74, 6) is 0.826. The van der Waals surface area contributed by atoms with Gasteiger partial charge >= 0.3 is 0 Å². The van der Waals surface area contributed by atoms with Gasteiger partial charge in [0, 0.05) is 12.4 Å². The number of amides is 1. The molecule has 0 unspecified atom stereocenters. The number of carbonyl (C=O) groups excluding carboxylic acids is 1. The Morgan fingerprint density at radius 1 is 1.33 bits per heavy atom. The first-order valence-corrected chi connectivity index (χ1v) is 6.07. The third-order valence-electron chi connectivity index (χ3n) is 2.63. The van der Waals surface area contributed by atoms with Gasteiger partial charge in [0.2, 0.25) is 0 Å². The van der Waals surface area contributed by atoms with Crippen molar-refractivity contribution in [3.63, 3.8) is 0 Å². The number of rotatable bonds is 4. The predicted molar refractivity (Wildman–Crippen MR) is 68.4 cm³/mol. The second-order valence-electron chi connectivity index (χ2n) is 3.93. The molecular formula is C13H13ClN2O2. The molecule has 1 amide bonds. The van der Waals surface area contributed by atoms with Gasteiger partial charge in [-0.3, -0.25) is 4.79 Å². The van der Waals surface area contributed by atoms with Crippen molar-refractivity contribution in [2.75, 3.05) is 0 Å². The Morgan fingerprint density at radius 2 is 2.00 bits per heavy atom. The van der Waals surface area contributed by atoms with Gasteiger partial charge < -0.3 is 9.84 Å². The average molecular weight is 265 g/mol. The van der Waals surface area contributed by atoms with E-state index >= 15 is 0 Å². The Hall–Kier alpha value is -1.81. The van der Waals surface area contributed by atoms with E-state index < -0.39 is 0 Å². The van der Waals surface area contributed by atoms with Gasteiger partial charge in [-0.2, -0.15) is 0 Å². The first-order valence-electron chi connectivity index (χ1n) is 5.54. The highest BCUT2D eigenvalue weighted by atomic mass is 35.5. The molecule has 1 N–H and O–H groups in total. The van der Waals surface area contributed by atoms with Crippen LogP contribution in [0.4, 0.5) is 0 Å². The minimum absolute atomic E-state index is 0.185. The molecule has 2 aromatic rings. The Balaban J connectivity index is 1.95. The number of hydrogen-bond acceptors (Lipinski definition) is 3. The van der Waals surface area contributed by atoms with Gasteiger partial charge in [0.25, 0.3) is 5.91 Å². The Bertz CT molecular complexity index is 534. The van der Waals surface area contributed by atoms with Gasteiger partial charge in [0.1, 0.15) is 11.3 Å². The first kappa shape index (κ1) is 12.6. The monoisotopic (exact) mass is 264 g/mol. The number of hydrogen-bond donors (Lipinski definition) is 1. The van der Waals surface area contributed by atoms with Crippen molar-refractivity contribution >= 4 is 17.5 Å². The molecule has 4 nitrogen and oxygen atoms in total. The zero-order chi connectivity index (χ0) is 13.0. The van der Waals surface area contributed by atoms with Crippen molar-refractivity contribution in [1.82, 2.24) is 10.5 Å². The quantitative estimate of drug-likeness (QED) is 0.864. The molecule has 5 heteroatoms. The van der Waals surface area contributed by atoms with E-state index in [0.29, 0.717) is 23.7 Å². The number of alkyl halides is 1. The Kier molecular flexibility index (Phi) is 3.99. The van der Waals surface area contributed by atoms with Crippen molar-refractivity contribution in [3.05, 3.63) is 52.9 Å². The van der Waals surface area contributed by atoms with Crippen LogP contribution in [0.25, 0.3) is 0 Å². The summed E-state index contributed by atoms with van der Waals surface area (Å²) >= 11 is 5.70. The van der Waals surface area contributed by atoms with E-state index in [0.717, 1.165) is 11.1 Å². The van der Waals surface area contributed by atoms with Crippen LogP contribution < -0.4 is 5.32 Å². The largest absolute Gasteiger partial charge is 0.361 e. The lowest BCUT2D eigenvalue weighted by Gasteiger charge is -2.04. The lowest BCUT2D eigenvalue weighted by atomic mass is 10.1. The predicted octanol–water partition coefficient (Wildman–Crippen LogP) is 2.65. The minimum Gasteiger partial charge on any atom is -0.361 e. The summed E-state index contributed by atoms with van der Waals surface area (Å²) in [5, 5.41) is 6.38. The second kappa shape index (κ2) is 5.69. The van der Waals surface area contributed by atoms with Crippen molar-refractivity contribution < 1.29 is 9.32 Å². The third kappa shape index (κ3) is 2.90. The van der Waals surface area contributed by atoms with Gasteiger partial charge in [-0.25, -0.2) is 0 Å². The van der Waals surface area contributed by atoms with Crippen LogP contribution in [0.15, 0.2) is 35.0 Å². The fourth-order valence-electron chi connectivity index (χ4n) is 1.54. The number of carbonyl (C=O) groups is 1. The molecule has 2 rings (SSSR count). The lowest BCUT2D eigenvalue weighted by molar-refractivity contribution is 0.0949. The molecule has 1 heterocycles. The highest BCUT2D eigenvalue weighted by Gasteiger charge is 2.11. The van der Waals surface area contributed by atoms with Crippen molar-refractivity contribution in [1.29, 1.82) is 0 Å². The zero-order valence-electron chi connectivity index (χ0n) is 9.94. The molecular weight excluding hydrogens is 252 g/mol. The van der Waals surface area contributed by atoms with Crippen LogP contribution in [0.2, 0.25) is 0 Å². The van der Waals surface area contributed by atoms with E-state index in [1.807, 2.05) is 24.3 Å². The van der Waals surface area contributed by atoms with E-state index in [1.165, 1.54) is 6.20 Å². The SMILES string of the molecule is Cc1oncc1C(=O)NCc1ccc(CCl)cc1. The van der Waals surface area contributed by atoms with E-state index in [4.69, 9.17) is 16.1 Å². The minimum atomic E-state index is -0.185. The number of nitrogens with one attached hydrogen (secondary N) is 1. The number of benzene rings is 1. The molecule has 18 heavy (non-hydrogen) atoms. The summed E-state index contributed by atoms with van der Waals surface area (Å²) < 4.78 is 4.84. The van der Waals surface area contributed by atoms with E-state index in [2.05, 4.69) is 10.5 Å². The van der Waals surface area contributed by atoms with E-state index in [-0.39, 0.29) is 5.91 Å². The Morgan fingerprint density at radius 3 is 2.56 bits per heavy atom. The molecule has 0 radical (unpaired) electrons. The molecule has 0 fully saturated rings. The smallest absolute Gasteiger partial charge is 0.256 e. The van der Waals surface area contributed by atoms with Crippen molar-refractivity contribution in [3.8, 4) is 0 Å².